The Kier molecular flexibility index (Phi) is 30.8. The number of amides is 5. The van der Waals surface area contributed by atoms with Gasteiger partial charge in [-0.15, -0.1) is 0 Å². The summed E-state index contributed by atoms with van der Waals surface area (Å²) >= 11 is 0. The molecule has 68 heavy (non-hydrogen) atoms. The maximum Gasteiger partial charge on any atom is 0.338 e. The highest BCUT2D eigenvalue weighted by Gasteiger charge is 2.33. The predicted molar refractivity (Wildman–Crippen MR) is 251 cm³/mol. The van der Waals surface area contributed by atoms with E-state index in [0.29, 0.717) is 25.8 Å². The molecule has 0 aliphatic rings. The number of carboxylic acid groups (broad SMARTS) is 1. The SMILES string of the molecule is CNC(CCC[NH+]=C(N)N)C(=O)NC(CCC[NH+]=C(N)N)C(=O)NC(CCC[NH+]=C(N)N)C(=O)NC(CCC[NH+]=C(N)N)C(=O)NC(CCC[NH+]=C(N)N)C(=O)NC(CCC[NH+]=C(N)N)C(=O)O. The van der Waals surface area contributed by atoms with Gasteiger partial charge in [-0.25, -0.2) is 4.79 Å². The number of nitrogens with two attached hydrogens (primary N) is 12. The van der Waals surface area contributed by atoms with E-state index in [1.165, 1.54) is 0 Å². The van der Waals surface area contributed by atoms with Gasteiger partial charge in [0.2, 0.25) is 29.5 Å². The minimum atomic E-state index is -1.36. The lowest BCUT2D eigenvalue weighted by molar-refractivity contribution is -0.460. The molecule has 6 unspecified atom stereocenters. The number of carboxylic acids is 1. The van der Waals surface area contributed by atoms with Crippen LogP contribution in [0.2, 0.25) is 0 Å². The van der Waals surface area contributed by atoms with Gasteiger partial charge in [-0.05, 0) is 84.1 Å². The molecule has 0 bridgehead atoms. The zero-order valence-corrected chi connectivity index (χ0v) is 39.0. The smallest absolute Gasteiger partial charge is 0.338 e. The van der Waals surface area contributed by atoms with Gasteiger partial charge in [-0.2, -0.15) is 0 Å². The van der Waals surface area contributed by atoms with Gasteiger partial charge in [0.1, 0.15) is 30.2 Å². The summed E-state index contributed by atoms with van der Waals surface area (Å²) in [5, 5.41) is 26.1. The fourth-order valence-electron chi connectivity index (χ4n) is 6.33. The third-order valence-electron chi connectivity index (χ3n) is 9.80. The zero-order chi connectivity index (χ0) is 51.6. The van der Waals surface area contributed by atoms with Crippen molar-refractivity contribution in [1.82, 2.24) is 31.9 Å². The first-order valence-corrected chi connectivity index (χ1v) is 22.2. The van der Waals surface area contributed by atoms with E-state index in [-0.39, 0.29) is 126 Å². The number of guanidine groups is 6. The van der Waals surface area contributed by atoms with Crippen LogP contribution in [0.15, 0.2) is 0 Å². The molecular weight excluding hydrogens is 893 g/mol. The zero-order valence-electron chi connectivity index (χ0n) is 39.0. The number of hydrogen-bond donors (Lipinski definition) is 25. The van der Waals surface area contributed by atoms with Crippen molar-refractivity contribution in [2.75, 3.05) is 46.3 Å². The summed E-state index contributed by atoms with van der Waals surface area (Å²) in [7, 11) is 1.58. The third kappa shape index (κ3) is 29.8. The van der Waals surface area contributed by atoms with Crippen LogP contribution in [0.1, 0.15) is 77.0 Å². The Morgan fingerprint density at radius 1 is 0.338 bits per heavy atom. The van der Waals surface area contributed by atoms with Gasteiger partial charge in [-0.3, -0.25) is 123 Å². The molecule has 0 spiro atoms. The Bertz CT molecular complexity index is 1770. The van der Waals surface area contributed by atoms with E-state index in [0.717, 1.165) is 0 Å². The summed E-state index contributed by atoms with van der Waals surface area (Å²) < 4.78 is 0. The molecule has 0 fully saturated rings. The number of hydrogen-bond acceptors (Lipinski definition) is 7. The maximum atomic E-state index is 14.3. The number of aliphatic carboxylic acids is 1. The fourth-order valence-corrected chi connectivity index (χ4v) is 6.33. The van der Waals surface area contributed by atoms with Gasteiger partial charge < -0.3 is 37.0 Å². The molecule has 0 rings (SSSR count). The number of likely N-dealkylation sites (N-methyl/N-ethyl adjacent to an activating group) is 1. The Morgan fingerprint density at radius 3 is 0.706 bits per heavy atom. The fraction of sp³-hybridized carbons (Fsp3) is 0.676. The van der Waals surface area contributed by atoms with Crippen molar-refractivity contribution in [2.24, 2.45) is 68.8 Å². The average Bonchev–Trinajstić information content (AvgIpc) is 3.25. The molecule has 0 aliphatic heterocycles. The van der Waals surface area contributed by atoms with Gasteiger partial charge in [0.05, 0.1) is 45.3 Å². The van der Waals surface area contributed by atoms with Crippen LogP contribution < -0.4 is 131 Å². The number of carbonyl (C=O) groups is 6. The second kappa shape index (κ2) is 34.7. The normalized spacial score (nSPS) is 13.2. The minimum absolute atomic E-state index is 0.0118. The summed E-state index contributed by atoms with van der Waals surface area (Å²) in [6, 6.07) is -7.22. The summed E-state index contributed by atoms with van der Waals surface area (Å²) in [5.74, 6) is -5.35. The summed E-state index contributed by atoms with van der Waals surface area (Å²) in [4.78, 5) is 98.3. The van der Waals surface area contributed by atoms with E-state index in [4.69, 9.17) is 68.8 Å². The van der Waals surface area contributed by atoms with Gasteiger partial charge in [0.15, 0.2) is 0 Å². The molecule has 6 atom stereocenters. The van der Waals surface area contributed by atoms with E-state index < -0.39 is 71.8 Å². The second-order valence-corrected chi connectivity index (χ2v) is 15.6. The molecule has 31 nitrogen and oxygen atoms in total. The molecule has 0 saturated carbocycles. The van der Waals surface area contributed by atoms with Crippen LogP contribution in [0.5, 0.6) is 0 Å². The molecule has 0 radical (unpaired) electrons. The molecule has 37 N–H and O–H groups in total. The highest BCUT2D eigenvalue weighted by atomic mass is 16.4. The average molecular weight is 975 g/mol. The molecule has 0 aromatic rings. The van der Waals surface area contributed by atoms with Crippen molar-refractivity contribution in [1.29, 1.82) is 0 Å². The number of nitrogens with one attached hydrogen (secondary N) is 12. The summed E-state index contributed by atoms with van der Waals surface area (Å²) in [6.45, 7) is 1.41. The Balaban J connectivity index is 6.85. The van der Waals surface area contributed by atoms with E-state index in [1.807, 2.05) is 0 Å². The highest BCUT2D eigenvalue weighted by Crippen LogP contribution is 2.08. The van der Waals surface area contributed by atoms with E-state index in [1.54, 1.807) is 7.05 Å². The molecule has 386 valence electrons. The second-order valence-electron chi connectivity index (χ2n) is 15.6. The van der Waals surface area contributed by atoms with Crippen LogP contribution >= 0.6 is 0 Å². The van der Waals surface area contributed by atoms with Crippen molar-refractivity contribution in [3.63, 3.8) is 0 Å². The Morgan fingerprint density at radius 2 is 0.515 bits per heavy atom. The number of rotatable bonds is 36. The van der Waals surface area contributed by atoms with Crippen LogP contribution in [-0.2, 0) is 28.8 Å². The largest absolute Gasteiger partial charge is 0.480 e. The van der Waals surface area contributed by atoms with Crippen molar-refractivity contribution >= 4 is 71.3 Å². The summed E-state index contributed by atoms with van der Waals surface area (Å²) in [6.07, 6.45) is 2.04. The topological polar surface area (TPSA) is 591 Å². The Hall–Kier alpha value is -7.60. The summed E-state index contributed by atoms with van der Waals surface area (Å²) in [5.41, 5.74) is 66.1. The molecule has 5 amide bonds. The molecule has 0 aliphatic carbocycles. The number of carbonyl (C=O) groups excluding carboxylic acids is 5. The van der Waals surface area contributed by atoms with Crippen molar-refractivity contribution in [3.05, 3.63) is 0 Å². The quantitative estimate of drug-likeness (QED) is 0.0157. The van der Waals surface area contributed by atoms with E-state index in [2.05, 4.69) is 61.9 Å². The van der Waals surface area contributed by atoms with Crippen molar-refractivity contribution in [2.45, 2.75) is 113 Å². The molecular formula is C37H82N24O7+6. The molecule has 0 aromatic carbocycles. The maximum absolute atomic E-state index is 14.3. The first-order chi connectivity index (χ1) is 32.1. The standard InChI is InChI=1S/C37H76N24O7/c1-50-20(8-2-14-51-32(38)39)26(62)57-21(9-3-15-52-33(40)41)27(63)58-22(10-4-16-53-34(42)43)28(64)59-23(11-5-17-54-35(44)45)29(65)60-24(12-6-18-55-36(46)47)30(66)61-25(31(67)68)13-7-19-56-37(48)49/h20-25,50H,2-19H2,1H3,(H,57,62)(H,58,63)(H,59,64)(H,60,65)(H,61,66)(H,67,68)(H4,38,39,51)(H4,40,41,52)(H4,42,43,53)(H4,44,45,54)(H4,46,47,55)(H4,48,49,56)/p+6. The van der Waals surface area contributed by atoms with E-state index >= 15 is 0 Å². The van der Waals surface area contributed by atoms with Crippen LogP contribution in [0.25, 0.3) is 0 Å². The third-order valence-corrected chi connectivity index (χ3v) is 9.80. The Labute approximate surface area is 394 Å². The van der Waals surface area contributed by atoms with Crippen molar-refractivity contribution in [3.8, 4) is 0 Å². The first kappa shape index (κ1) is 60.4. The molecule has 0 aromatic heterocycles. The van der Waals surface area contributed by atoms with E-state index in [9.17, 15) is 33.9 Å². The molecule has 31 heteroatoms. The lowest BCUT2D eigenvalue weighted by Gasteiger charge is -2.27. The predicted octanol–water partition coefficient (Wildman–Crippen LogP) is -20.1. The van der Waals surface area contributed by atoms with Gasteiger partial charge >= 0.3 is 41.7 Å². The minimum Gasteiger partial charge on any atom is -0.480 e. The van der Waals surface area contributed by atoms with Crippen LogP contribution in [0.3, 0.4) is 0 Å². The first-order valence-electron chi connectivity index (χ1n) is 22.2. The van der Waals surface area contributed by atoms with Crippen LogP contribution in [0, 0.1) is 0 Å². The molecule has 0 saturated heterocycles. The lowest BCUT2D eigenvalue weighted by atomic mass is 10.0. The van der Waals surface area contributed by atoms with Gasteiger partial charge in [0, 0.05) is 0 Å². The van der Waals surface area contributed by atoms with Crippen LogP contribution in [0.4, 0.5) is 0 Å². The highest BCUT2D eigenvalue weighted by molar-refractivity contribution is 5.96. The molecule has 0 heterocycles. The van der Waals surface area contributed by atoms with Gasteiger partial charge in [0.25, 0.3) is 0 Å². The monoisotopic (exact) mass is 975 g/mol. The van der Waals surface area contributed by atoms with Crippen LogP contribution in [-0.4, -0.2) is 159 Å². The lowest BCUT2D eigenvalue weighted by Crippen LogP contribution is -2.78. The van der Waals surface area contributed by atoms with Crippen molar-refractivity contribution < 1.29 is 63.8 Å². The van der Waals surface area contributed by atoms with Gasteiger partial charge in [-0.1, -0.05) is 0 Å².